The number of aromatic nitrogens is 2. The molecule has 2 aliphatic rings. The van der Waals surface area contributed by atoms with Crippen LogP contribution in [0.3, 0.4) is 0 Å². The molecule has 3 heterocycles. The third-order valence-electron chi connectivity index (χ3n) is 5.87. The van der Waals surface area contributed by atoms with Crippen molar-refractivity contribution in [3.8, 4) is 11.5 Å². The van der Waals surface area contributed by atoms with Crippen molar-refractivity contribution in [3.63, 3.8) is 0 Å². The first-order valence-corrected chi connectivity index (χ1v) is 11.0. The number of nitrogens with zero attached hydrogens (tertiary/aromatic N) is 4. The Morgan fingerprint density at radius 3 is 2.81 bits per heavy atom. The molecule has 32 heavy (non-hydrogen) atoms. The smallest absolute Gasteiger partial charge is 0.290 e. The Bertz CT molecular complexity index is 873. The maximum atomic E-state index is 12.7. The minimum Gasteiger partial charge on any atom is -0.490 e. The number of imidazole rings is 1. The standard InChI is InChI=1S/C22H30N4O3.CH2O2/c1-3-28-21-13-18(6-7-20(21)29-12-11-24-10-8-23-16-24)14-25-15-19-5-4-9-26(19)22(27)17(25)2;2-1-3/h6-8,10,13,16-17,19H,3-5,9,11-12,14-15H2,1-2H3;1H,(H,2,3)/t17-,19-;/m1./s1. The summed E-state index contributed by atoms with van der Waals surface area (Å²) in [6, 6.07) is 6.40. The molecule has 2 aromatic rings. The average Bonchev–Trinajstić information content (AvgIpc) is 3.46. The van der Waals surface area contributed by atoms with E-state index in [2.05, 4.69) is 20.9 Å². The van der Waals surface area contributed by atoms with Gasteiger partial charge in [0.15, 0.2) is 11.5 Å². The van der Waals surface area contributed by atoms with Gasteiger partial charge in [-0.1, -0.05) is 6.07 Å². The van der Waals surface area contributed by atoms with Gasteiger partial charge < -0.3 is 24.0 Å². The van der Waals surface area contributed by atoms with Crippen LogP contribution < -0.4 is 9.47 Å². The summed E-state index contributed by atoms with van der Waals surface area (Å²) in [5, 5.41) is 6.89. The quantitative estimate of drug-likeness (QED) is 0.624. The third-order valence-corrected chi connectivity index (χ3v) is 5.87. The zero-order valence-corrected chi connectivity index (χ0v) is 18.7. The number of fused-ring (bicyclic) bond motifs is 1. The van der Waals surface area contributed by atoms with Gasteiger partial charge in [-0.2, -0.15) is 0 Å². The Balaban J connectivity index is 0.000000913. The lowest BCUT2D eigenvalue weighted by molar-refractivity contribution is -0.143. The highest BCUT2D eigenvalue weighted by atomic mass is 16.5. The molecule has 1 amide bonds. The SMILES string of the molecule is CCOc1cc(CN2C[C@H]3CCCN3C(=O)[C@H]2C)ccc1OCCn1ccnc1.O=CO. The predicted octanol–water partition coefficient (Wildman–Crippen LogP) is 2.26. The number of rotatable bonds is 8. The molecule has 1 aromatic heterocycles. The number of hydrogen-bond acceptors (Lipinski definition) is 6. The third kappa shape index (κ3) is 5.79. The first-order valence-electron chi connectivity index (χ1n) is 11.0. The highest BCUT2D eigenvalue weighted by Crippen LogP contribution is 2.31. The molecule has 1 N–H and O–H groups in total. The molecule has 4 rings (SSSR count). The topological polar surface area (TPSA) is 97.1 Å². The number of ether oxygens (including phenoxy) is 2. The highest BCUT2D eigenvalue weighted by Gasteiger charge is 2.40. The largest absolute Gasteiger partial charge is 0.490 e. The van der Waals surface area contributed by atoms with Gasteiger partial charge >= 0.3 is 0 Å². The van der Waals surface area contributed by atoms with Gasteiger partial charge in [-0.15, -0.1) is 0 Å². The van der Waals surface area contributed by atoms with E-state index in [4.69, 9.17) is 19.4 Å². The van der Waals surface area contributed by atoms with Gasteiger partial charge in [0, 0.05) is 38.1 Å². The molecule has 9 heteroatoms. The molecule has 174 valence electrons. The lowest BCUT2D eigenvalue weighted by Crippen LogP contribution is -2.58. The second-order valence-corrected chi connectivity index (χ2v) is 7.90. The van der Waals surface area contributed by atoms with Gasteiger partial charge in [-0.3, -0.25) is 14.5 Å². The van der Waals surface area contributed by atoms with Crippen LogP contribution in [0.15, 0.2) is 36.9 Å². The van der Waals surface area contributed by atoms with E-state index in [9.17, 15) is 4.79 Å². The van der Waals surface area contributed by atoms with Crippen LogP contribution in [-0.4, -0.2) is 75.2 Å². The predicted molar refractivity (Wildman–Crippen MR) is 119 cm³/mol. The Hall–Kier alpha value is -3.07. The van der Waals surface area contributed by atoms with E-state index < -0.39 is 0 Å². The Morgan fingerprint density at radius 2 is 2.09 bits per heavy atom. The molecule has 0 radical (unpaired) electrons. The lowest BCUT2D eigenvalue weighted by atomic mass is 10.1. The van der Waals surface area contributed by atoms with Crippen LogP contribution in [0.1, 0.15) is 32.3 Å². The molecule has 2 fully saturated rings. The summed E-state index contributed by atoms with van der Waals surface area (Å²) in [7, 11) is 0. The minimum absolute atomic E-state index is 0.0778. The molecular formula is C23H32N4O5. The first-order chi connectivity index (χ1) is 15.6. The van der Waals surface area contributed by atoms with Crippen LogP contribution in [0.5, 0.6) is 11.5 Å². The fourth-order valence-electron chi connectivity index (χ4n) is 4.30. The number of amides is 1. The zero-order valence-electron chi connectivity index (χ0n) is 18.7. The minimum atomic E-state index is -0.250. The van der Waals surface area contributed by atoms with Crippen molar-refractivity contribution in [3.05, 3.63) is 42.5 Å². The van der Waals surface area contributed by atoms with Crippen LogP contribution in [0.2, 0.25) is 0 Å². The molecule has 0 aliphatic carbocycles. The summed E-state index contributed by atoms with van der Waals surface area (Å²) >= 11 is 0. The summed E-state index contributed by atoms with van der Waals surface area (Å²) in [6.45, 7) is 8.21. The maximum Gasteiger partial charge on any atom is 0.290 e. The van der Waals surface area contributed by atoms with Crippen LogP contribution in [-0.2, 0) is 22.7 Å². The molecule has 1 aromatic carbocycles. The molecule has 9 nitrogen and oxygen atoms in total. The van der Waals surface area contributed by atoms with E-state index in [1.165, 1.54) is 0 Å². The van der Waals surface area contributed by atoms with Gasteiger partial charge in [-0.25, -0.2) is 4.98 Å². The van der Waals surface area contributed by atoms with Crippen LogP contribution in [0, 0.1) is 0 Å². The van der Waals surface area contributed by atoms with Crippen molar-refractivity contribution >= 4 is 12.4 Å². The van der Waals surface area contributed by atoms with Gasteiger partial charge in [0.25, 0.3) is 6.47 Å². The molecule has 0 bridgehead atoms. The van der Waals surface area contributed by atoms with Gasteiger partial charge in [0.1, 0.15) is 6.61 Å². The van der Waals surface area contributed by atoms with Crippen molar-refractivity contribution in [2.24, 2.45) is 0 Å². The van der Waals surface area contributed by atoms with Gasteiger partial charge in [0.05, 0.1) is 25.5 Å². The van der Waals surface area contributed by atoms with Crippen LogP contribution >= 0.6 is 0 Å². The summed E-state index contributed by atoms with van der Waals surface area (Å²) in [4.78, 5) is 29.4. The summed E-state index contributed by atoms with van der Waals surface area (Å²) < 4.78 is 13.8. The normalized spacial score (nSPS) is 20.3. The van der Waals surface area contributed by atoms with Gasteiger partial charge in [0.2, 0.25) is 5.91 Å². The molecule has 2 saturated heterocycles. The number of carboxylic acid groups (broad SMARTS) is 1. The van der Waals surface area contributed by atoms with E-state index in [1.54, 1.807) is 12.5 Å². The Kier molecular flexibility index (Phi) is 8.49. The second-order valence-electron chi connectivity index (χ2n) is 7.90. The number of carbonyl (C=O) groups excluding carboxylic acids is 1. The number of carbonyl (C=O) groups is 2. The van der Waals surface area contributed by atoms with E-state index in [0.717, 1.165) is 56.1 Å². The van der Waals surface area contributed by atoms with E-state index >= 15 is 0 Å². The molecule has 0 saturated carbocycles. The highest BCUT2D eigenvalue weighted by molar-refractivity contribution is 5.83. The molecule has 2 atom stereocenters. The Labute approximate surface area is 188 Å². The average molecular weight is 445 g/mol. The fraction of sp³-hybridized carbons (Fsp3) is 0.522. The number of hydrogen-bond donors (Lipinski definition) is 1. The summed E-state index contributed by atoms with van der Waals surface area (Å²) in [5.41, 5.74) is 1.14. The molecule has 2 aliphatic heterocycles. The summed E-state index contributed by atoms with van der Waals surface area (Å²) in [5.74, 6) is 1.78. The monoisotopic (exact) mass is 444 g/mol. The van der Waals surface area contributed by atoms with E-state index in [-0.39, 0.29) is 18.4 Å². The first kappa shape index (κ1) is 23.6. The fourth-order valence-corrected chi connectivity index (χ4v) is 4.30. The van der Waals surface area contributed by atoms with Gasteiger partial charge in [-0.05, 0) is 44.4 Å². The lowest BCUT2D eigenvalue weighted by Gasteiger charge is -2.41. The number of piperazine rings is 1. The molecule has 0 unspecified atom stereocenters. The number of benzene rings is 1. The molecule has 0 spiro atoms. The van der Waals surface area contributed by atoms with Crippen molar-refractivity contribution in [1.82, 2.24) is 19.4 Å². The van der Waals surface area contributed by atoms with Crippen molar-refractivity contribution in [2.45, 2.75) is 51.9 Å². The Morgan fingerprint density at radius 1 is 1.28 bits per heavy atom. The zero-order chi connectivity index (χ0) is 22.9. The van der Waals surface area contributed by atoms with Crippen LogP contribution in [0.4, 0.5) is 0 Å². The van der Waals surface area contributed by atoms with Crippen molar-refractivity contribution in [2.75, 3.05) is 26.3 Å². The van der Waals surface area contributed by atoms with Crippen molar-refractivity contribution < 1.29 is 24.2 Å². The molecular weight excluding hydrogens is 412 g/mol. The van der Waals surface area contributed by atoms with Crippen molar-refractivity contribution in [1.29, 1.82) is 0 Å². The van der Waals surface area contributed by atoms with E-state index in [1.807, 2.05) is 36.7 Å². The summed E-state index contributed by atoms with van der Waals surface area (Å²) in [6.07, 6.45) is 7.70. The maximum absolute atomic E-state index is 12.7. The second kappa shape index (κ2) is 11.5. The van der Waals surface area contributed by atoms with E-state index in [0.29, 0.717) is 19.3 Å². The van der Waals surface area contributed by atoms with Crippen LogP contribution in [0.25, 0.3) is 0 Å².